The number of sulfonamides is 1. The van der Waals surface area contributed by atoms with Crippen molar-refractivity contribution in [1.29, 1.82) is 0 Å². The van der Waals surface area contributed by atoms with E-state index in [1.807, 2.05) is 77.9 Å². The zero-order chi connectivity index (χ0) is 29.5. The predicted molar refractivity (Wildman–Crippen MR) is 161 cm³/mol. The van der Waals surface area contributed by atoms with Gasteiger partial charge in [0.1, 0.15) is 12.6 Å². The van der Waals surface area contributed by atoms with Crippen LogP contribution in [-0.2, 0) is 26.0 Å². The Morgan fingerprint density at radius 1 is 0.875 bits per heavy atom. The highest BCUT2D eigenvalue weighted by atomic mass is 32.2. The fraction of sp³-hybridized carbons (Fsp3) is 0.375. The van der Waals surface area contributed by atoms with Crippen LogP contribution in [0.4, 0.5) is 5.69 Å². The zero-order valence-corrected chi connectivity index (χ0v) is 25.2. The molecular weight excluding hydrogens is 522 g/mol. The van der Waals surface area contributed by atoms with Crippen LogP contribution < -0.4 is 9.62 Å². The standard InChI is InChI=1S/C32H41N3O4S/c1-7-29(31(37)33-32(4,5)6)34(21-20-26-13-9-8-10-14-26)30(36)23-35(27-15-11-12-25(3)22-27)40(38,39)28-18-16-24(2)17-19-28/h8-19,22,29H,7,20-21,23H2,1-6H3,(H,33,37)/t29-/m0/s1. The molecule has 3 rings (SSSR count). The molecule has 1 N–H and O–H groups in total. The Hall–Kier alpha value is -3.65. The summed E-state index contributed by atoms with van der Waals surface area (Å²) in [6, 6.07) is 22.6. The number of nitrogens with one attached hydrogen (secondary N) is 1. The molecule has 3 aromatic carbocycles. The summed E-state index contributed by atoms with van der Waals surface area (Å²) in [6.45, 7) is 11.1. The topological polar surface area (TPSA) is 86.8 Å². The minimum Gasteiger partial charge on any atom is -0.350 e. The quantitative estimate of drug-likeness (QED) is 0.345. The Morgan fingerprint density at radius 3 is 2.10 bits per heavy atom. The van der Waals surface area contributed by atoms with Gasteiger partial charge in [-0.25, -0.2) is 8.42 Å². The number of carbonyl (C=O) groups excluding carboxylic acids is 2. The molecular formula is C32H41N3O4S. The van der Waals surface area contributed by atoms with Crippen LogP contribution in [-0.4, -0.2) is 49.8 Å². The van der Waals surface area contributed by atoms with Gasteiger partial charge in [0, 0.05) is 12.1 Å². The highest BCUT2D eigenvalue weighted by molar-refractivity contribution is 7.92. The Morgan fingerprint density at radius 2 is 1.52 bits per heavy atom. The number of hydrogen-bond donors (Lipinski definition) is 1. The van der Waals surface area contributed by atoms with Crippen molar-refractivity contribution in [1.82, 2.24) is 10.2 Å². The summed E-state index contributed by atoms with van der Waals surface area (Å²) in [5.41, 5.74) is 2.73. The molecule has 0 unspecified atom stereocenters. The summed E-state index contributed by atoms with van der Waals surface area (Å²) in [6.07, 6.45) is 0.915. The normalized spacial score (nSPS) is 12.4. The van der Waals surface area contributed by atoms with Crippen LogP contribution in [0, 0.1) is 13.8 Å². The van der Waals surface area contributed by atoms with Crippen LogP contribution in [0.3, 0.4) is 0 Å². The average molecular weight is 564 g/mol. The average Bonchev–Trinajstić information content (AvgIpc) is 2.89. The van der Waals surface area contributed by atoms with E-state index in [2.05, 4.69) is 5.32 Å². The molecule has 0 spiro atoms. The van der Waals surface area contributed by atoms with Crippen molar-refractivity contribution >= 4 is 27.5 Å². The highest BCUT2D eigenvalue weighted by Gasteiger charge is 2.34. The first-order valence-electron chi connectivity index (χ1n) is 13.6. The first-order chi connectivity index (χ1) is 18.8. The molecule has 0 radical (unpaired) electrons. The molecule has 0 aliphatic heterocycles. The van der Waals surface area contributed by atoms with Gasteiger partial charge in [0.05, 0.1) is 10.6 Å². The van der Waals surface area contributed by atoms with Gasteiger partial charge in [-0.15, -0.1) is 0 Å². The van der Waals surface area contributed by atoms with E-state index in [9.17, 15) is 18.0 Å². The maximum atomic E-state index is 14.1. The van der Waals surface area contributed by atoms with Crippen molar-refractivity contribution in [3.8, 4) is 0 Å². The molecule has 0 heterocycles. The Kier molecular flexibility index (Phi) is 10.1. The Labute approximate surface area is 239 Å². The van der Waals surface area contributed by atoms with Crippen LogP contribution in [0.15, 0.2) is 83.8 Å². The number of aryl methyl sites for hydroxylation is 2. The Bertz CT molecular complexity index is 1400. The molecule has 7 nitrogen and oxygen atoms in total. The van der Waals surface area contributed by atoms with E-state index >= 15 is 0 Å². The van der Waals surface area contributed by atoms with Gasteiger partial charge >= 0.3 is 0 Å². The third kappa shape index (κ3) is 8.18. The fourth-order valence-electron chi connectivity index (χ4n) is 4.50. The first kappa shape index (κ1) is 30.9. The monoisotopic (exact) mass is 563 g/mol. The van der Waals surface area contributed by atoms with Gasteiger partial charge in [-0.1, -0.05) is 67.1 Å². The largest absolute Gasteiger partial charge is 0.350 e. The molecule has 8 heteroatoms. The first-order valence-corrected chi connectivity index (χ1v) is 15.1. The maximum absolute atomic E-state index is 14.1. The second kappa shape index (κ2) is 13.1. The second-order valence-corrected chi connectivity index (χ2v) is 13.0. The molecule has 0 bridgehead atoms. The van der Waals surface area contributed by atoms with E-state index < -0.39 is 34.1 Å². The number of amides is 2. The lowest BCUT2D eigenvalue weighted by molar-refractivity contribution is -0.140. The minimum atomic E-state index is -4.08. The van der Waals surface area contributed by atoms with Gasteiger partial charge in [-0.05, 0) is 82.9 Å². The van der Waals surface area contributed by atoms with Gasteiger partial charge in [-0.2, -0.15) is 0 Å². The molecule has 0 fully saturated rings. The summed E-state index contributed by atoms with van der Waals surface area (Å²) in [7, 11) is -4.08. The molecule has 2 amide bonds. The summed E-state index contributed by atoms with van der Waals surface area (Å²) in [5, 5.41) is 2.99. The van der Waals surface area contributed by atoms with E-state index in [0.717, 1.165) is 21.0 Å². The van der Waals surface area contributed by atoms with E-state index in [1.165, 1.54) is 4.90 Å². The predicted octanol–water partition coefficient (Wildman–Crippen LogP) is 5.26. The van der Waals surface area contributed by atoms with Gasteiger partial charge in [-0.3, -0.25) is 13.9 Å². The lowest BCUT2D eigenvalue weighted by Crippen LogP contribution is -2.56. The molecule has 1 atom stereocenters. The van der Waals surface area contributed by atoms with E-state index in [-0.39, 0.29) is 17.3 Å². The highest BCUT2D eigenvalue weighted by Crippen LogP contribution is 2.25. The lowest BCUT2D eigenvalue weighted by Gasteiger charge is -2.34. The van der Waals surface area contributed by atoms with Crippen molar-refractivity contribution in [3.63, 3.8) is 0 Å². The fourth-order valence-corrected chi connectivity index (χ4v) is 5.90. The van der Waals surface area contributed by atoms with E-state index in [4.69, 9.17) is 0 Å². The van der Waals surface area contributed by atoms with Crippen LogP contribution >= 0.6 is 0 Å². The van der Waals surface area contributed by atoms with Crippen LogP contribution in [0.25, 0.3) is 0 Å². The van der Waals surface area contributed by atoms with Crippen molar-refractivity contribution in [2.45, 2.75) is 70.9 Å². The van der Waals surface area contributed by atoms with E-state index in [1.54, 1.807) is 42.5 Å². The molecule has 0 saturated heterocycles. The number of benzene rings is 3. The zero-order valence-electron chi connectivity index (χ0n) is 24.3. The smallest absolute Gasteiger partial charge is 0.264 e. The van der Waals surface area contributed by atoms with Crippen molar-refractivity contribution in [2.24, 2.45) is 0 Å². The molecule has 0 aromatic heterocycles. The van der Waals surface area contributed by atoms with Crippen molar-refractivity contribution < 1.29 is 18.0 Å². The van der Waals surface area contributed by atoms with Gasteiger partial charge < -0.3 is 10.2 Å². The molecule has 40 heavy (non-hydrogen) atoms. The number of hydrogen-bond acceptors (Lipinski definition) is 4. The molecule has 214 valence electrons. The van der Waals surface area contributed by atoms with Crippen LogP contribution in [0.5, 0.6) is 0 Å². The van der Waals surface area contributed by atoms with Crippen molar-refractivity contribution in [3.05, 3.63) is 95.6 Å². The Balaban J connectivity index is 2.02. The lowest BCUT2D eigenvalue weighted by atomic mass is 10.1. The minimum absolute atomic E-state index is 0.0979. The van der Waals surface area contributed by atoms with Crippen LogP contribution in [0.2, 0.25) is 0 Å². The van der Waals surface area contributed by atoms with E-state index in [0.29, 0.717) is 18.5 Å². The second-order valence-electron chi connectivity index (χ2n) is 11.1. The summed E-state index contributed by atoms with van der Waals surface area (Å²) < 4.78 is 29.0. The van der Waals surface area contributed by atoms with Crippen LogP contribution in [0.1, 0.15) is 50.8 Å². The maximum Gasteiger partial charge on any atom is 0.264 e. The summed E-state index contributed by atoms with van der Waals surface area (Å²) in [4.78, 5) is 29.1. The van der Waals surface area contributed by atoms with Gasteiger partial charge in [0.15, 0.2) is 0 Å². The SMILES string of the molecule is CC[C@@H](C(=O)NC(C)(C)C)N(CCc1ccccc1)C(=O)CN(c1cccc(C)c1)S(=O)(=O)c1ccc(C)cc1. The van der Waals surface area contributed by atoms with Gasteiger partial charge in [0.25, 0.3) is 10.0 Å². The molecule has 0 aliphatic carbocycles. The molecule has 3 aromatic rings. The summed E-state index contributed by atoms with van der Waals surface area (Å²) >= 11 is 0. The van der Waals surface area contributed by atoms with Crippen molar-refractivity contribution in [2.75, 3.05) is 17.4 Å². The molecule has 0 aliphatic rings. The molecule has 0 saturated carbocycles. The third-order valence-electron chi connectivity index (χ3n) is 6.55. The number of nitrogens with zero attached hydrogens (tertiary/aromatic N) is 2. The summed E-state index contributed by atoms with van der Waals surface area (Å²) in [5.74, 6) is -0.705. The third-order valence-corrected chi connectivity index (χ3v) is 8.33. The number of anilines is 1. The van der Waals surface area contributed by atoms with Gasteiger partial charge in [0.2, 0.25) is 11.8 Å². The number of rotatable bonds is 11. The number of carbonyl (C=O) groups is 2.